The van der Waals surface area contributed by atoms with Crippen LogP contribution in [0.3, 0.4) is 0 Å². The molecule has 2 atom stereocenters. The van der Waals surface area contributed by atoms with Gasteiger partial charge in [0.05, 0.1) is 11.6 Å². The van der Waals surface area contributed by atoms with Crippen molar-refractivity contribution in [3.63, 3.8) is 0 Å². The lowest BCUT2D eigenvalue weighted by atomic mass is 10.0. The number of aliphatic hydroxyl groups excluding tert-OH is 1. The SMILES string of the molecule is CCCC1(CCC)Oc2ccc(C3CCC(CCc4ccc(Cl)cc4)N3CO)cc2S1.Cl. The van der Waals surface area contributed by atoms with Gasteiger partial charge in [-0.05, 0) is 73.9 Å². The van der Waals surface area contributed by atoms with E-state index >= 15 is 0 Å². The van der Waals surface area contributed by atoms with E-state index in [0.29, 0.717) is 6.04 Å². The molecular formula is C26H35Cl2NO2S. The van der Waals surface area contributed by atoms with E-state index in [4.69, 9.17) is 16.3 Å². The quantitative estimate of drug-likeness (QED) is 0.387. The molecule has 0 bridgehead atoms. The highest BCUT2D eigenvalue weighted by Gasteiger charge is 2.40. The molecule has 0 aromatic heterocycles. The average molecular weight is 497 g/mol. The molecule has 1 fully saturated rings. The highest BCUT2D eigenvalue weighted by molar-refractivity contribution is 8.00. The Bertz CT molecular complexity index is 871. The molecule has 2 aliphatic heterocycles. The van der Waals surface area contributed by atoms with E-state index < -0.39 is 0 Å². The van der Waals surface area contributed by atoms with Crippen molar-refractivity contribution in [2.75, 3.05) is 6.73 Å². The van der Waals surface area contributed by atoms with Crippen LogP contribution >= 0.6 is 35.8 Å². The third-order valence-corrected chi connectivity index (χ3v) is 8.35. The topological polar surface area (TPSA) is 32.7 Å². The van der Waals surface area contributed by atoms with Crippen molar-refractivity contribution in [1.29, 1.82) is 0 Å². The van der Waals surface area contributed by atoms with Gasteiger partial charge in [0, 0.05) is 17.1 Å². The van der Waals surface area contributed by atoms with Gasteiger partial charge in [-0.3, -0.25) is 4.90 Å². The van der Waals surface area contributed by atoms with E-state index in [2.05, 4.69) is 49.1 Å². The zero-order valence-electron chi connectivity index (χ0n) is 19.1. The molecule has 0 aliphatic carbocycles. The molecule has 4 rings (SSSR count). The van der Waals surface area contributed by atoms with Gasteiger partial charge >= 0.3 is 0 Å². The van der Waals surface area contributed by atoms with Crippen molar-refractivity contribution in [1.82, 2.24) is 4.90 Å². The Morgan fingerprint density at radius 1 is 1.09 bits per heavy atom. The summed E-state index contributed by atoms with van der Waals surface area (Å²) in [6.07, 6.45) is 8.69. The third-order valence-electron chi connectivity index (χ3n) is 6.69. The number of benzene rings is 2. The summed E-state index contributed by atoms with van der Waals surface area (Å²) in [6, 6.07) is 15.5. The zero-order valence-corrected chi connectivity index (χ0v) is 21.4. The van der Waals surface area contributed by atoms with Crippen LogP contribution in [0.4, 0.5) is 0 Å². The maximum atomic E-state index is 10.2. The van der Waals surface area contributed by atoms with Crippen molar-refractivity contribution in [3.05, 3.63) is 58.6 Å². The lowest BCUT2D eigenvalue weighted by Gasteiger charge is -2.28. The molecular weight excluding hydrogens is 461 g/mol. The fourth-order valence-electron chi connectivity index (χ4n) is 5.21. The Morgan fingerprint density at radius 2 is 1.81 bits per heavy atom. The summed E-state index contributed by atoms with van der Waals surface area (Å²) < 4.78 is 6.45. The molecule has 0 saturated carbocycles. The molecule has 32 heavy (non-hydrogen) atoms. The van der Waals surface area contributed by atoms with Crippen molar-refractivity contribution in [2.45, 2.75) is 87.1 Å². The molecule has 6 heteroatoms. The van der Waals surface area contributed by atoms with Gasteiger partial charge in [0.1, 0.15) is 5.75 Å². The van der Waals surface area contributed by atoms with Crippen LogP contribution in [-0.2, 0) is 6.42 Å². The number of hydrogen-bond donors (Lipinski definition) is 1. The lowest BCUT2D eigenvalue weighted by Crippen LogP contribution is -2.32. The zero-order chi connectivity index (χ0) is 21.8. The molecule has 0 amide bonds. The van der Waals surface area contributed by atoms with Crippen molar-refractivity contribution in [3.8, 4) is 5.75 Å². The number of thioether (sulfide) groups is 1. The smallest absolute Gasteiger partial charge is 0.159 e. The Labute approximate surface area is 208 Å². The number of halogens is 2. The van der Waals surface area contributed by atoms with Crippen LogP contribution in [0.1, 0.15) is 76.0 Å². The summed E-state index contributed by atoms with van der Waals surface area (Å²) in [4.78, 5) is 3.45. The fraction of sp³-hybridized carbons (Fsp3) is 0.538. The predicted molar refractivity (Wildman–Crippen MR) is 137 cm³/mol. The molecule has 1 N–H and O–H groups in total. The number of nitrogens with zero attached hydrogens (tertiary/aromatic N) is 1. The molecule has 0 spiro atoms. The first-order chi connectivity index (χ1) is 15.1. The first kappa shape index (κ1) is 25.7. The van der Waals surface area contributed by atoms with Crippen LogP contribution in [0.15, 0.2) is 47.4 Å². The maximum absolute atomic E-state index is 10.2. The van der Waals surface area contributed by atoms with Crippen molar-refractivity contribution >= 4 is 35.8 Å². The molecule has 0 radical (unpaired) electrons. The van der Waals surface area contributed by atoms with E-state index in [0.717, 1.165) is 62.1 Å². The Morgan fingerprint density at radius 3 is 2.47 bits per heavy atom. The molecule has 2 aliphatic rings. The summed E-state index contributed by atoms with van der Waals surface area (Å²) in [5.74, 6) is 1.03. The van der Waals surface area contributed by atoms with Gasteiger partial charge in [0.25, 0.3) is 0 Å². The highest BCUT2D eigenvalue weighted by Crippen LogP contribution is 2.53. The minimum Gasteiger partial charge on any atom is -0.475 e. The second-order valence-corrected chi connectivity index (χ2v) is 10.7. The molecule has 2 heterocycles. The first-order valence-electron chi connectivity index (χ1n) is 11.7. The van der Waals surface area contributed by atoms with Crippen LogP contribution in [0.2, 0.25) is 5.02 Å². The largest absolute Gasteiger partial charge is 0.475 e. The third kappa shape index (κ3) is 5.59. The molecule has 176 valence electrons. The number of aliphatic hydroxyl groups is 1. The van der Waals surface area contributed by atoms with Gasteiger partial charge in [-0.25, -0.2) is 0 Å². The summed E-state index contributed by atoms with van der Waals surface area (Å²) in [5.41, 5.74) is 2.61. The van der Waals surface area contributed by atoms with Crippen LogP contribution in [0.25, 0.3) is 0 Å². The first-order valence-corrected chi connectivity index (χ1v) is 12.9. The minimum absolute atomic E-state index is 0. The Kier molecular flexibility index (Phi) is 9.23. The normalized spacial score (nSPS) is 21.8. The van der Waals surface area contributed by atoms with E-state index in [1.165, 1.54) is 16.0 Å². The van der Waals surface area contributed by atoms with Gasteiger partial charge in [-0.2, -0.15) is 0 Å². The van der Waals surface area contributed by atoms with Gasteiger partial charge < -0.3 is 9.84 Å². The van der Waals surface area contributed by atoms with Gasteiger partial charge in [-0.15, -0.1) is 12.4 Å². The monoisotopic (exact) mass is 495 g/mol. The second-order valence-electron chi connectivity index (χ2n) is 8.89. The highest BCUT2D eigenvalue weighted by atomic mass is 35.5. The van der Waals surface area contributed by atoms with Crippen molar-refractivity contribution in [2.24, 2.45) is 0 Å². The fourth-order valence-corrected chi connectivity index (χ4v) is 6.89. The number of hydrogen-bond acceptors (Lipinski definition) is 4. The molecule has 3 nitrogen and oxygen atoms in total. The van der Waals surface area contributed by atoms with Gasteiger partial charge in [0.2, 0.25) is 0 Å². The number of aryl methyl sites for hydroxylation is 1. The summed E-state index contributed by atoms with van der Waals surface area (Å²) in [5, 5.41) is 11.0. The lowest BCUT2D eigenvalue weighted by molar-refractivity contribution is 0.0596. The Hall–Kier alpha value is -0.910. The maximum Gasteiger partial charge on any atom is 0.159 e. The summed E-state index contributed by atoms with van der Waals surface area (Å²) in [7, 11) is 0. The number of fused-ring (bicyclic) bond motifs is 1. The van der Waals surface area contributed by atoms with E-state index in [9.17, 15) is 5.11 Å². The van der Waals surface area contributed by atoms with E-state index in [1.54, 1.807) is 0 Å². The van der Waals surface area contributed by atoms with Gasteiger partial charge in [-0.1, -0.05) is 68.3 Å². The summed E-state index contributed by atoms with van der Waals surface area (Å²) in [6.45, 7) is 4.57. The predicted octanol–water partition coefficient (Wildman–Crippen LogP) is 7.63. The van der Waals surface area contributed by atoms with Crippen LogP contribution in [0, 0.1) is 0 Å². The molecule has 2 aromatic rings. The number of rotatable bonds is 9. The average Bonchev–Trinajstić information content (AvgIpc) is 3.33. The minimum atomic E-state index is -0.0993. The van der Waals surface area contributed by atoms with Crippen LogP contribution in [-0.4, -0.2) is 27.7 Å². The molecule has 2 aromatic carbocycles. The number of ether oxygens (including phenoxy) is 1. The van der Waals surface area contributed by atoms with E-state index in [1.807, 2.05) is 23.9 Å². The molecule has 1 saturated heterocycles. The number of likely N-dealkylation sites (tertiary alicyclic amines) is 1. The second kappa shape index (κ2) is 11.5. The molecule has 2 unspecified atom stereocenters. The Balaban J connectivity index is 0.00000289. The van der Waals surface area contributed by atoms with Crippen LogP contribution < -0.4 is 4.74 Å². The van der Waals surface area contributed by atoms with Gasteiger partial charge in [0.15, 0.2) is 4.93 Å². The van der Waals surface area contributed by atoms with E-state index in [-0.39, 0.29) is 30.1 Å². The standard InChI is InChI=1S/C26H34ClNO2S.ClH/c1-3-15-26(16-4-2)30-24-14-8-20(17-25(24)31-26)23-13-12-22(28(23)18-29)11-7-19-5-9-21(27)10-6-19;/h5-6,8-10,14,17,22-23,29H,3-4,7,11-13,15-16,18H2,1-2H3;1H. The van der Waals surface area contributed by atoms with Crippen LogP contribution in [0.5, 0.6) is 5.75 Å². The van der Waals surface area contributed by atoms with Crippen molar-refractivity contribution < 1.29 is 9.84 Å². The summed E-state index contributed by atoms with van der Waals surface area (Å²) >= 11 is 7.92.